The maximum Gasteiger partial charge on any atom is 0.266 e. The number of hydrogen-bond donors (Lipinski definition) is 0. The molecule has 1 fully saturated rings. The highest BCUT2D eigenvalue weighted by molar-refractivity contribution is 5.89. The summed E-state index contributed by atoms with van der Waals surface area (Å²) in [6, 6.07) is 17.1. The summed E-state index contributed by atoms with van der Waals surface area (Å²) in [5.41, 5.74) is 0.974. The molecule has 2 aromatic carbocycles. The zero-order valence-electron chi connectivity index (χ0n) is 15.3. The van der Waals surface area contributed by atoms with E-state index in [-0.39, 0.29) is 11.9 Å². The van der Waals surface area contributed by atoms with E-state index in [1.54, 1.807) is 14.2 Å². The average Bonchev–Trinajstić information content (AvgIpc) is 2.69. The number of likely N-dealkylation sites (tertiary alicyclic amines) is 1. The molecule has 1 aliphatic heterocycles. The lowest BCUT2D eigenvalue weighted by Gasteiger charge is -2.47. The number of carbonyl (C=O) groups excluding carboxylic acids is 1. The van der Waals surface area contributed by atoms with Gasteiger partial charge >= 0.3 is 0 Å². The van der Waals surface area contributed by atoms with Gasteiger partial charge in [0, 0.05) is 25.8 Å². The van der Waals surface area contributed by atoms with Gasteiger partial charge in [0.2, 0.25) is 6.10 Å². The molecule has 0 radical (unpaired) electrons. The Labute approximate surface area is 154 Å². The molecule has 0 aromatic heterocycles. The van der Waals surface area contributed by atoms with Crippen LogP contribution in [0.25, 0.3) is 0 Å². The topological polar surface area (TPSA) is 48.0 Å². The third-order valence-corrected chi connectivity index (χ3v) is 4.61. The van der Waals surface area contributed by atoms with Crippen LogP contribution in [0.5, 0.6) is 11.5 Å². The second-order valence-electron chi connectivity index (χ2n) is 6.27. The third-order valence-electron chi connectivity index (χ3n) is 4.61. The summed E-state index contributed by atoms with van der Waals surface area (Å²) >= 11 is 0. The molecule has 5 heteroatoms. The number of para-hydroxylation sites is 2. The van der Waals surface area contributed by atoms with Crippen LogP contribution < -0.4 is 9.47 Å². The number of carbonyl (C=O) groups is 1. The smallest absolute Gasteiger partial charge is 0.266 e. The molecule has 0 saturated carbocycles. The van der Waals surface area contributed by atoms with Crippen LogP contribution in [0.2, 0.25) is 0 Å². The maximum atomic E-state index is 12.7. The molecule has 5 nitrogen and oxygen atoms in total. The van der Waals surface area contributed by atoms with E-state index in [0.29, 0.717) is 18.9 Å². The number of rotatable bonds is 9. The number of nitrogens with zero attached hydrogens (tertiary/aromatic N) is 1. The molecular weight excluding hydrogens is 330 g/mol. The Morgan fingerprint density at radius 1 is 0.962 bits per heavy atom. The number of unbranched alkanes of at least 4 members (excludes halogenated alkanes) is 1. The summed E-state index contributed by atoms with van der Waals surface area (Å²) < 4.78 is 16.6. The number of hydrogen-bond acceptors (Lipinski definition) is 4. The maximum absolute atomic E-state index is 12.7. The summed E-state index contributed by atoms with van der Waals surface area (Å²) in [5.74, 6) is 1.49. The first-order valence-electron chi connectivity index (χ1n) is 8.90. The minimum Gasteiger partial charge on any atom is -0.496 e. The fourth-order valence-electron chi connectivity index (χ4n) is 3.30. The van der Waals surface area contributed by atoms with Gasteiger partial charge in [0.25, 0.3) is 5.91 Å². The SMILES string of the molecule is COCCCCN1C(=O)[C@@H](Oc2ccccc2)[C@H]1c1ccccc1OC. The number of β-lactam (4-membered cyclic amide) rings is 1. The first-order chi connectivity index (χ1) is 12.8. The Morgan fingerprint density at radius 3 is 2.42 bits per heavy atom. The minimum atomic E-state index is -0.531. The van der Waals surface area contributed by atoms with Crippen LogP contribution in [0, 0.1) is 0 Å². The molecule has 2 aromatic rings. The van der Waals surface area contributed by atoms with E-state index in [9.17, 15) is 4.79 Å². The second-order valence-corrected chi connectivity index (χ2v) is 6.27. The highest BCUT2D eigenvalue weighted by Crippen LogP contribution is 2.41. The molecule has 0 bridgehead atoms. The molecule has 0 unspecified atom stereocenters. The number of amides is 1. The van der Waals surface area contributed by atoms with Gasteiger partial charge in [0.15, 0.2) is 0 Å². The van der Waals surface area contributed by atoms with Crippen molar-refractivity contribution >= 4 is 5.91 Å². The monoisotopic (exact) mass is 355 g/mol. The van der Waals surface area contributed by atoms with Gasteiger partial charge in [-0.15, -0.1) is 0 Å². The van der Waals surface area contributed by atoms with E-state index < -0.39 is 6.10 Å². The lowest BCUT2D eigenvalue weighted by Crippen LogP contribution is -2.61. The standard InChI is InChI=1S/C21H25NO4/c1-24-15-9-8-14-22-19(17-12-6-7-13-18(17)25-2)20(21(22)23)26-16-10-4-3-5-11-16/h3-7,10-13,19-20H,8-9,14-15H2,1-2H3/t19-,20+/m1/s1. The van der Waals surface area contributed by atoms with Crippen molar-refractivity contribution in [1.82, 2.24) is 4.90 Å². The molecule has 0 spiro atoms. The number of ether oxygens (including phenoxy) is 3. The molecule has 2 atom stereocenters. The van der Waals surface area contributed by atoms with Crippen molar-refractivity contribution in [1.29, 1.82) is 0 Å². The Hall–Kier alpha value is -2.53. The van der Waals surface area contributed by atoms with Gasteiger partial charge in [-0.1, -0.05) is 36.4 Å². The summed E-state index contributed by atoms with van der Waals surface area (Å²) in [5, 5.41) is 0. The average molecular weight is 355 g/mol. The van der Waals surface area contributed by atoms with Gasteiger partial charge in [-0.25, -0.2) is 0 Å². The van der Waals surface area contributed by atoms with E-state index in [1.165, 1.54) is 0 Å². The molecule has 1 heterocycles. The normalized spacial score (nSPS) is 19.2. The Kier molecular flexibility index (Phi) is 6.12. The summed E-state index contributed by atoms with van der Waals surface area (Å²) in [6.45, 7) is 1.38. The van der Waals surface area contributed by atoms with Crippen molar-refractivity contribution in [2.24, 2.45) is 0 Å². The molecule has 26 heavy (non-hydrogen) atoms. The van der Waals surface area contributed by atoms with E-state index in [4.69, 9.17) is 14.2 Å². The van der Waals surface area contributed by atoms with Crippen LogP contribution in [0.4, 0.5) is 0 Å². The van der Waals surface area contributed by atoms with Crippen molar-refractivity contribution in [3.63, 3.8) is 0 Å². The highest BCUT2D eigenvalue weighted by atomic mass is 16.5. The summed E-state index contributed by atoms with van der Waals surface area (Å²) in [7, 11) is 3.34. The molecule has 3 rings (SSSR count). The lowest BCUT2D eigenvalue weighted by molar-refractivity contribution is -0.164. The van der Waals surface area contributed by atoms with Crippen molar-refractivity contribution in [3.8, 4) is 11.5 Å². The Balaban J connectivity index is 1.80. The fourth-order valence-corrected chi connectivity index (χ4v) is 3.30. The summed E-state index contributed by atoms with van der Waals surface area (Å²) in [6.07, 6.45) is 1.28. The van der Waals surface area contributed by atoms with Crippen LogP contribution >= 0.6 is 0 Å². The van der Waals surface area contributed by atoms with Gasteiger partial charge < -0.3 is 19.1 Å². The van der Waals surface area contributed by atoms with Gasteiger partial charge in [-0.3, -0.25) is 4.79 Å². The van der Waals surface area contributed by atoms with Crippen molar-refractivity contribution in [2.75, 3.05) is 27.4 Å². The third kappa shape index (κ3) is 3.83. The lowest BCUT2D eigenvalue weighted by atomic mass is 9.89. The van der Waals surface area contributed by atoms with Gasteiger partial charge in [0.1, 0.15) is 17.5 Å². The van der Waals surface area contributed by atoms with E-state index in [1.807, 2.05) is 59.5 Å². The van der Waals surface area contributed by atoms with E-state index >= 15 is 0 Å². The van der Waals surface area contributed by atoms with Crippen molar-refractivity contribution in [2.45, 2.75) is 25.0 Å². The molecule has 0 N–H and O–H groups in total. The van der Waals surface area contributed by atoms with Crippen LogP contribution in [0.1, 0.15) is 24.4 Å². The first kappa shape index (κ1) is 18.3. The van der Waals surface area contributed by atoms with Crippen LogP contribution in [-0.4, -0.2) is 44.3 Å². The highest BCUT2D eigenvalue weighted by Gasteiger charge is 2.50. The molecule has 1 saturated heterocycles. The molecule has 138 valence electrons. The molecule has 1 amide bonds. The van der Waals surface area contributed by atoms with Crippen molar-refractivity contribution < 1.29 is 19.0 Å². The van der Waals surface area contributed by atoms with Gasteiger partial charge in [0.05, 0.1) is 7.11 Å². The number of methoxy groups -OCH3 is 2. The molecule has 0 aliphatic carbocycles. The predicted octanol–water partition coefficient (Wildman–Crippen LogP) is 3.45. The largest absolute Gasteiger partial charge is 0.496 e. The van der Waals surface area contributed by atoms with Gasteiger partial charge in [-0.2, -0.15) is 0 Å². The summed E-state index contributed by atoms with van der Waals surface area (Å²) in [4.78, 5) is 14.6. The number of benzene rings is 2. The quantitative estimate of drug-likeness (QED) is 0.511. The van der Waals surface area contributed by atoms with Crippen LogP contribution in [0.15, 0.2) is 54.6 Å². The second kappa shape index (κ2) is 8.72. The minimum absolute atomic E-state index is 0.0159. The van der Waals surface area contributed by atoms with Crippen LogP contribution in [0.3, 0.4) is 0 Å². The predicted molar refractivity (Wildman–Crippen MR) is 99.4 cm³/mol. The van der Waals surface area contributed by atoms with Gasteiger partial charge in [-0.05, 0) is 31.0 Å². The van der Waals surface area contributed by atoms with E-state index in [0.717, 1.165) is 24.2 Å². The zero-order valence-corrected chi connectivity index (χ0v) is 15.3. The Bertz CT molecular complexity index is 719. The van der Waals surface area contributed by atoms with Crippen molar-refractivity contribution in [3.05, 3.63) is 60.2 Å². The van der Waals surface area contributed by atoms with Crippen LogP contribution in [-0.2, 0) is 9.53 Å². The Morgan fingerprint density at radius 2 is 1.69 bits per heavy atom. The zero-order chi connectivity index (χ0) is 18.4. The fraction of sp³-hybridized carbons (Fsp3) is 0.381. The van der Waals surface area contributed by atoms with E-state index in [2.05, 4.69) is 0 Å². The molecule has 1 aliphatic rings. The first-order valence-corrected chi connectivity index (χ1v) is 8.90. The molecular formula is C21H25NO4.